The maximum absolute atomic E-state index is 12.9. The van der Waals surface area contributed by atoms with Gasteiger partial charge in [0.25, 0.3) is 0 Å². The molecule has 0 bridgehead atoms. The van der Waals surface area contributed by atoms with Crippen molar-refractivity contribution in [2.75, 3.05) is 131 Å². The molecule has 0 amide bonds. The number of Topliss-reactive ketones (excluding diaryl/α,β-unsaturated/α-hetero) is 2. The zero-order valence-corrected chi connectivity index (χ0v) is 37.2. The van der Waals surface area contributed by atoms with E-state index in [1.165, 1.54) is 0 Å². The Morgan fingerprint density at radius 2 is 0.714 bits per heavy atom. The second kappa shape index (κ2) is 22.4. The summed E-state index contributed by atoms with van der Waals surface area (Å²) in [6.45, 7) is 6.07. The topological polar surface area (TPSA) is 139 Å². The second-order valence-corrected chi connectivity index (χ2v) is 15.7. The van der Waals surface area contributed by atoms with E-state index >= 15 is 0 Å². The van der Waals surface area contributed by atoms with Crippen LogP contribution in [0.25, 0.3) is 11.1 Å². The molecule has 0 spiro atoms. The number of carbonyl (C=O) groups is 2. The zero-order valence-electron chi connectivity index (χ0n) is 37.2. The molecule has 0 aromatic heterocycles. The van der Waals surface area contributed by atoms with Crippen molar-refractivity contribution in [1.29, 1.82) is 0 Å². The molecule has 332 valence electrons. The first-order valence-corrected chi connectivity index (χ1v) is 21.2. The van der Waals surface area contributed by atoms with Crippen LogP contribution in [0.3, 0.4) is 0 Å². The number of anilines is 2. The summed E-state index contributed by atoms with van der Waals surface area (Å²) in [5.74, 6) is -0.859. The smallest absolute Gasteiger partial charge is 0.199 e. The number of rotatable bonds is 22. The van der Waals surface area contributed by atoms with Crippen LogP contribution in [-0.2, 0) is 33.3 Å². The molecule has 0 radical (unpaired) electrons. The third kappa shape index (κ3) is 11.7. The Morgan fingerprint density at radius 3 is 0.984 bits per heavy atom. The monoisotopic (exact) mass is 858 g/mol. The van der Waals surface area contributed by atoms with Crippen LogP contribution >= 0.6 is 0 Å². The molecule has 0 fully saturated rings. The van der Waals surface area contributed by atoms with Gasteiger partial charge in [-0.2, -0.15) is 0 Å². The average molecular weight is 859 g/mol. The highest BCUT2D eigenvalue weighted by Gasteiger charge is 2.32. The lowest BCUT2D eigenvalue weighted by Crippen LogP contribution is -2.30. The molecule has 0 unspecified atom stereocenters. The van der Waals surface area contributed by atoms with Crippen LogP contribution in [0.2, 0.25) is 0 Å². The van der Waals surface area contributed by atoms with E-state index in [0.29, 0.717) is 101 Å². The number of benzene rings is 2. The van der Waals surface area contributed by atoms with Crippen molar-refractivity contribution in [3.63, 3.8) is 0 Å². The minimum Gasteiger partial charge on any atom is -0.871 e. The minimum atomic E-state index is -0.215. The van der Waals surface area contributed by atoms with Gasteiger partial charge in [-0.15, -0.1) is 0 Å². The summed E-state index contributed by atoms with van der Waals surface area (Å²) in [5.41, 5.74) is 7.44. The number of carbonyl (C=O) groups excluding carboxylic acids is 2. The molecule has 4 aliphatic carbocycles. The number of hydrogen-bond donors (Lipinski definition) is 0. The van der Waals surface area contributed by atoms with Gasteiger partial charge in [-0.05, 0) is 70.8 Å². The molecule has 0 heterocycles. The summed E-state index contributed by atoms with van der Waals surface area (Å²) in [4.78, 5) is 30.0. The highest BCUT2D eigenvalue weighted by molar-refractivity contribution is 6.40. The van der Waals surface area contributed by atoms with Crippen molar-refractivity contribution >= 4 is 45.5 Å². The van der Waals surface area contributed by atoms with Gasteiger partial charge in [-0.1, -0.05) is 35.8 Å². The molecule has 0 N–H and O–H groups in total. The first-order valence-electron chi connectivity index (χ1n) is 21.2. The number of hydrogen-bond acceptors (Lipinski definition) is 11. The number of allylic oxidation sites excluding steroid dienone is 14. The molecule has 63 heavy (non-hydrogen) atoms. The maximum atomic E-state index is 12.9. The van der Waals surface area contributed by atoms with Crippen LogP contribution in [-0.4, -0.2) is 154 Å². The van der Waals surface area contributed by atoms with Gasteiger partial charge in [0.05, 0.1) is 66.1 Å². The predicted molar refractivity (Wildman–Crippen MR) is 242 cm³/mol. The van der Waals surface area contributed by atoms with Crippen LogP contribution < -0.4 is 20.0 Å². The average Bonchev–Trinajstić information content (AvgIpc) is 3.28. The lowest BCUT2D eigenvalue weighted by molar-refractivity contribution is -0.462. The van der Waals surface area contributed by atoms with Crippen LogP contribution in [0.5, 0.6) is 0 Å². The van der Waals surface area contributed by atoms with Crippen molar-refractivity contribution in [1.82, 2.24) is 0 Å². The van der Waals surface area contributed by atoms with E-state index < -0.39 is 0 Å². The van der Waals surface area contributed by atoms with Gasteiger partial charge in [0.2, 0.25) is 0 Å². The molecule has 13 nitrogen and oxygen atoms in total. The van der Waals surface area contributed by atoms with Gasteiger partial charge in [-0.25, -0.2) is 9.15 Å². The Balaban J connectivity index is 0.747. The van der Waals surface area contributed by atoms with Crippen molar-refractivity contribution in [3.05, 3.63) is 142 Å². The van der Waals surface area contributed by atoms with Crippen LogP contribution in [0.1, 0.15) is 11.1 Å². The number of ether oxygens (including phenoxy) is 5. The highest BCUT2D eigenvalue weighted by Crippen LogP contribution is 2.39. The Hall–Kier alpha value is -5.96. The minimum absolute atomic E-state index is 0.215. The SMILES string of the molecule is CN(CCOCCOCCOCCOCCOCCN(C)c1ccc(C2=C([O-])C(=C3C=CC(=[N+](C)C)C=C3)C2=O)cc1)c1ccc(C2=C([O-])C(=C3C=CC(=[N+](C)C)C=C3)C2=O)cc1. The highest BCUT2D eigenvalue weighted by atomic mass is 16.6. The van der Waals surface area contributed by atoms with Gasteiger partial charge in [0.15, 0.2) is 23.0 Å². The number of nitrogens with zero attached hydrogens (tertiary/aromatic N) is 4. The molecule has 2 aromatic rings. The predicted octanol–water partition coefficient (Wildman–Crippen LogP) is 2.92. The summed E-state index contributed by atoms with van der Waals surface area (Å²) in [6, 6.07) is 14.9. The van der Waals surface area contributed by atoms with Gasteiger partial charge >= 0.3 is 0 Å². The third-order valence-corrected chi connectivity index (χ3v) is 11.0. The van der Waals surface area contributed by atoms with Gasteiger partial charge in [0, 0.05) is 85.2 Å². The lowest BCUT2D eigenvalue weighted by Gasteiger charge is -2.32. The number of ketones is 2. The van der Waals surface area contributed by atoms with E-state index in [9.17, 15) is 19.8 Å². The largest absolute Gasteiger partial charge is 0.871 e. The lowest BCUT2D eigenvalue weighted by atomic mass is 9.80. The summed E-state index contributed by atoms with van der Waals surface area (Å²) in [7, 11) is 11.7. The Morgan fingerprint density at radius 1 is 0.429 bits per heavy atom. The van der Waals surface area contributed by atoms with Crippen LogP contribution in [0.15, 0.2) is 131 Å². The second-order valence-electron chi connectivity index (χ2n) is 15.7. The summed E-state index contributed by atoms with van der Waals surface area (Å²) < 4.78 is 32.2. The van der Waals surface area contributed by atoms with E-state index in [2.05, 4.69) is 9.80 Å². The molecule has 6 rings (SSSR count). The summed E-state index contributed by atoms with van der Waals surface area (Å²) >= 11 is 0. The van der Waals surface area contributed by atoms with Crippen molar-refractivity contribution in [2.45, 2.75) is 0 Å². The quantitative estimate of drug-likeness (QED) is 0.0983. The van der Waals surface area contributed by atoms with E-state index in [1.807, 2.05) is 149 Å². The fourth-order valence-electron chi connectivity index (χ4n) is 7.10. The number of likely N-dealkylation sites (N-methyl/N-ethyl adjacent to an activating group) is 2. The van der Waals surface area contributed by atoms with Crippen LogP contribution in [0, 0.1) is 0 Å². The molecule has 0 atom stereocenters. The first-order chi connectivity index (χ1) is 30.5. The van der Waals surface area contributed by atoms with Gasteiger partial charge in [0.1, 0.15) is 28.2 Å². The Labute approximate surface area is 370 Å². The van der Waals surface area contributed by atoms with Crippen molar-refractivity contribution < 1.29 is 52.6 Å². The molecule has 13 heteroatoms. The molecule has 0 saturated heterocycles. The normalized spacial score (nSPS) is 15.8. The molecule has 4 aliphatic rings. The van der Waals surface area contributed by atoms with E-state index in [0.717, 1.165) is 22.8 Å². The first kappa shape index (κ1) is 46.5. The molecule has 0 saturated carbocycles. The zero-order chi connectivity index (χ0) is 44.9. The molecule has 2 aromatic carbocycles. The maximum Gasteiger partial charge on any atom is 0.199 e. The fraction of sp³-hybridized carbons (Fsp3) is 0.360. The van der Waals surface area contributed by atoms with E-state index in [1.54, 1.807) is 0 Å². The van der Waals surface area contributed by atoms with E-state index in [4.69, 9.17) is 23.7 Å². The summed E-state index contributed by atoms with van der Waals surface area (Å²) in [5, 5.41) is 25.9. The van der Waals surface area contributed by atoms with Gasteiger partial charge < -0.3 is 43.7 Å². The van der Waals surface area contributed by atoms with Gasteiger partial charge in [-0.3, -0.25) is 9.59 Å². The fourth-order valence-corrected chi connectivity index (χ4v) is 7.10. The standard InChI is InChI=1S/C50H58N4O9/c1-51(2)39-15-7-35(8-16-39)43-47(55)45(48(43)56)37-11-19-41(20-12-37)53(5)23-25-59-27-29-61-31-33-63-34-32-62-30-28-60-26-24-54(6)42-21-13-38(14-22-42)46-49(57)44(50(46)58)36-9-17-40(18-10-36)52(3)4/h7-22H,23-34H2,1-6H3. The Bertz CT molecular complexity index is 2130. The van der Waals surface area contributed by atoms with Crippen LogP contribution in [0.4, 0.5) is 11.4 Å². The third-order valence-electron chi connectivity index (χ3n) is 11.0. The molecular weight excluding hydrogens is 801 g/mol. The summed E-state index contributed by atoms with van der Waals surface area (Å²) in [6.07, 6.45) is 14.9. The Kier molecular flexibility index (Phi) is 16.6. The van der Waals surface area contributed by atoms with E-state index in [-0.39, 0.29) is 45.4 Å². The molecular formula is C50H58N4O9. The van der Waals surface area contributed by atoms with Crippen molar-refractivity contribution in [3.8, 4) is 0 Å². The molecule has 0 aliphatic heterocycles. The van der Waals surface area contributed by atoms with Crippen molar-refractivity contribution in [2.24, 2.45) is 0 Å².